The first kappa shape index (κ1) is 29.5. The molecule has 0 aliphatic carbocycles. The summed E-state index contributed by atoms with van der Waals surface area (Å²) < 4.78 is 5.32. The van der Waals surface area contributed by atoms with Gasteiger partial charge in [-0.3, -0.25) is 4.79 Å². The van der Waals surface area contributed by atoms with E-state index in [0.717, 1.165) is 12.8 Å². The van der Waals surface area contributed by atoms with E-state index in [0.29, 0.717) is 13.0 Å². The summed E-state index contributed by atoms with van der Waals surface area (Å²) in [6.07, 6.45) is 31.5. The fourth-order valence-electron chi connectivity index (χ4n) is 4.13. The van der Waals surface area contributed by atoms with Gasteiger partial charge < -0.3 is 4.74 Å². The highest BCUT2D eigenvalue weighted by Gasteiger charge is 2.02. The van der Waals surface area contributed by atoms with Crippen molar-refractivity contribution in [3.8, 4) is 0 Å². The summed E-state index contributed by atoms with van der Waals surface area (Å²) in [5, 5.41) is 0. The average molecular weight is 425 g/mol. The summed E-state index contributed by atoms with van der Waals surface area (Å²) in [5.74, 6) is 0.0157. The molecular weight excluding hydrogens is 368 g/mol. The van der Waals surface area contributed by atoms with Crippen molar-refractivity contribution in [3.63, 3.8) is 0 Å². The van der Waals surface area contributed by atoms with Crippen molar-refractivity contribution in [2.24, 2.45) is 0 Å². The van der Waals surface area contributed by atoms with Crippen LogP contribution in [-0.4, -0.2) is 12.6 Å². The maximum absolute atomic E-state index is 11.7. The van der Waals surface area contributed by atoms with Crippen LogP contribution in [0.2, 0.25) is 0 Å². The third kappa shape index (κ3) is 25.5. The minimum atomic E-state index is 0.0157. The number of hydrogen-bond donors (Lipinski definition) is 0. The lowest BCUT2D eigenvalue weighted by molar-refractivity contribution is -0.143. The second-order valence-corrected chi connectivity index (χ2v) is 9.40. The zero-order valence-corrected chi connectivity index (χ0v) is 21.0. The molecule has 0 fully saturated rings. The SMILES string of the molecule is CCCCCCCCCCCCCCCCCCCCC(=O)OCCCCCCC. The van der Waals surface area contributed by atoms with Gasteiger partial charge in [0, 0.05) is 6.42 Å². The first-order valence-electron chi connectivity index (χ1n) is 14.0. The molecule has 180 valence electrons. The fraction of sp³-hybridized carbons (Fsp3) is 0.964. The van der Waals surface area contributed by atoms with Crippen molar-refractivity contribution in [1.29, 1.82) is 0 Å². The van der Waals surface area contributed by atoms with Crippen LogP contribution in [0.3, 0.4) is 0 Å². The van der Waals surface area contributed by atoms with Gasteiger partial charge in [0.1, 0.15) is 0 Å². The average Bonchev–Trinajstić information content (AvgIpc) is 2.75. The van der Waals surface area contributed by atoms with Gasteiger partial charge in [0.25, 0.3) is 0 Å². The van der Waals surface area contributed by atoms with Gasteiger partial charge in [-0.1, -0.05) is 149 Å². The van der Waals surface area contributed by atoms with E-state index in [1.165, 1.54) is 135 Å². The Balaban J connectivity index is 3.10. The summed E-state index contributed by atoms with van der Waals surface area (Å²) >= 11 is 0. The molecule has 2 nitrogen and oxygen atoms in total. The minimum absolute atomic E-state index is 0.0157. The molecule has 0 saturated heterocycles. The van der Waals surface area contributed by atoms with Crippen molar-refractivity contribution in [1.82, 2.24) is 0 Å². The molecule has 0 bridgehead atoms. The number of carbonyl (C=O) groups is 1. The Morgan fingerprint density at radius 3 is 1.10 bits per heavy atom. The Kier molecular flexibility index (Phi) is 26.0. The van der Waals surface area contributed by atoms with Crippen LogP contribution >= 0.6 is 0 Å². The van der Waals surface area contributed by atoms with Gasteiger partial charge in [0.2, 0.25) is 0 Å². The summed E-state index contributed by atoms with van der Waals surface area (Å²) in [6, 6.07) is 0. The van der Waals surface area contributed by atoms with E-state index in [1.807, 2.05) is 0 Å². The molecule has 30 heavy (non-hydrogen) atoms. The van der Waals surface area contributed by atoms with Crippen LogP contribution in [0.4, 0.5) is 0 Å². The van der Waals surface area contributed by atoms with Gasteiger partial charge in [-0.05, 0) is 12.8 Å². The zero-order chi connectivity index (χ0) is 22.0. The first-order chi connectivity index (χ1) is 14.8. The lowest BCUT2D eigenvalue weighted by Gasteiger charge is -2.05. The largest absolute Gasteiger partial charge is 0.466 e. The number of unbranched alkanes of at least 4 members (excludes halogenated alkanes) is 21. The molecule has 0 aromatic carbocycles. The van der Waals surface area contributed by atoms with Crippen LogP contribution in [0, 0.1) is 0 Å². The third-order valence-electron chi connectivity index (χ3n) is 6.25. The zero-order valence-electron chi connectivity index (χ0n) is 21.0. The molecule has 0 spiro atoms. The van der Waals surface area contributed by atoms with Crippen molar-refractivity contribution in [2.45, 2.75) is 168 Å². The minimum Gasteiger partial charge on any atom is -0.466 e. The third-order valence-corrected chi connectivity index (χ3v) is 6.25. The van der Waals surface area contributed by atoms with Crippen LogP contribution in [0.1, 0.15) is 168 Å². The predicted molar refractivity (Wildman–Crippen MR) is 133 cm³/mol. The standard InChI is InChI=1S/C28H56O2/c1-3-5-7-9-10-11-12-13-14-15-16-17-18-19-20-21-22-24-26-28(29)30-27-25-23-8-6-4-2/h3-27H2,1-2H3. The van der Waals surface area contributed by atoms with Crippen LogP contribution < -0.4 is 0 Å². The van der Waals surface area contributed by atoms with Gasteiger partial charge in [0.05, 0.1) is 6.61 Å². The molecular formula is C28H56O2. The number of ether oxygens (including phenoxy) is 1. The van der Waals surface area contributed by atoms with Gasteiger partial charge in [0.15, 0.2) is 0 Å². The monoisotopic (exact) mass is 424 g/mol. The molecule has 0 amide bonds. The quantitative estimate of drug-likeness (QED) is 0.108. The number of esters is 1. The molecule has 0 aliphatic rings. The topological polar surface area (TPSA) is 26.3 Å². The lowest BCUT2D eigenvalue weighted by atomic mass is 10.0. The molecule has 0 aromatic heterocycles. The van der Waals surface area contributed by atoms with E-state index in [4.69, 9.17) is 4.74 Å². The maximum Gasteiger partial charge on any atom is 0.305 e. The molecule has 0 N–H and O–H groups in total. The Morgan fingerprint density at radius 2 is 0.733 bits per heavy atom. The summed E-state index contributed by atoms with van der Waals surface area (Å²) in [7, 11) is 0. The van der Waals surface area contributed by atoms with Crippen molar-refractivity contribution in [2.75, 3.05) is 6.61 Å². The van der Waals surface area contributed by atoms with E-state index >= 15 is 0 Å². The van der Waals surface area contributed by atoms with Gasteiger partial charge in [-0.25, -0.2) is 0 Å². The first-order valence-corrected chi connectivity index (χ1v) is 14.0. The smallest absolute Gasteiger partial charge is 0.305 e. The van der Waals surface area contributed by atoms with Crippen LogP contribution in [0.25, 0.3) is 0 Å². The highest BCUT2D eigenvalue weighted by Crippen LogP contribution is 2.14. The van der Waals surface area contributed by atoms with Crippen molar-refractivity contribution >= 4 is 5.97 Å². The normalized spacial score (nSPS) is 11.1. The lowest BCUT2D eigenvalue weighted by Crippen LogP contribution is -2.05. The van der Waals surface area contributed by atoms with E-state index < -0.39 is 0 Å². The highest BCUT2D eigenvalue weighted by atomic mass is 16.5. The molecule has 0 atom stereocenters. The van der Waals surface area contributed by atoms with Crippen molar-refractivity contribution in [3.05, 3.63) is 0 Å². The molecule has 0 heterocycles. The van der Waals surface area contributed by atoms with E-state index in [-0.39, 0.29) is 5.97 Å². The maximum atomic E-state index is 11.7. The molecule has 2 heteroatoms. The summed E-state index contributed by atoms with van der Waals surface area (Å²) in [4.78, 5) is 11.7. The van der Waals surface area contributed by atoms with Crippen LogP contribution in [0.5, 0.6) is 0 Å². The summed E-state index contributed by atoms with van der Waals surface area (Å²) in [6.45, 7) is 5.14. The number of carbonyl (C=O) groups excluding carboxylic acids is 1. The molecule has 0 saturated carbocycles. The molecule has 0 aromatic rings. The van der Waals surface area contributed by atoms with Crippen LogP contribution in [-0.2, 0) is 9.53 Å². The Bertz CT molecular complexity index is 327. The fourth-order valence-corrected chi connectivity index (χ4v) is 4.13. The van der Waals surface area contributed by atoms with E-state index in [2.05, 4.69) is 13.8 Å². The van der Waals surface area contributed by atoms with Crippen molar-refractivity contribution < 1.29 is 9.53 Å². The van der Waals surface area contributed by atoms with Gasteiger partial charge in [-0.15, -0.1) is 0 Å². The van der Waals surface area contributed by atoms with Gasteiger partial charge in [-0.2, -0.15) is 0 Å². The van der Waals surface area contributed by atoms with E-state index in [9.17, 15) is 4.79 Å². The highest BCUT2D eigenvalue weighted by molar-refractivity contribution is 5.69. The second-order valence-electron chi connectivity index (χ2n) is 9.40. The Labute approximate surface area is 190 Å². The van der Waals surface area contributed by atoms with Gasteiger partial charge >= 0.3 is 5.97 Å². The Hall–Kier alpha value is -0.530. The molecule has 0 unspecified atom stereocenters. The molecule has 0 aliphatic heterocycles. The predicted octanol–water partition coefficient (Wildman–Crippen LogP) is 9.93. The molecule has 0 rings (SSSR count). The molecule has 0 radical (unpaired) electrons. The Morgan fingerprint density at radius 1 is 0.433 bits per heavy atom. The summed E-state index contributed by atoms with van der Waals surface area (Å²) in [5.41, 5.74) is 0. The number of hydrogen-bond acceptors (Lipinski definition) is 2. The second kappa shape index (κ2) is 26.5. The number of rotatable bonds is 25. The van der Waals surface area contributed by atoms with Crippen LogP contribution in [0.15, 0.2) is 0 Å². The van der Waals surface area contributed by atoms with E-state index in [1.54, 1.807) is 0 Å².